The summed E-state index contributed by atoms with van der Waals surface area (Å²) in [6, 6.07) is 9.69. The maximum atomic E-state index is 12.4. The van der Waals surface area contributed by atoms with E-state index in [1.54, 1.807) is 0 Å². The quantitative estimate of drug-likeness (QED) is 0.921. The number of thiazole rings is 1. The second kappa shape index (κ2) is 5.65. The summed E-state index contributed by atoms with van der Waals surface area (Å²) in [4.78, 5) is 29.5. The van der Waals surface area contributed by atoms with E-state index in [1.165, 1.54) is 22.4 Å². The normalized spacial score (nSPS) is 13.9. The topological polar surface area (TPSA) is 70.5 Å². The van der Waals surface area contributed by atoms with Crippen LogP contribution in [-0.2, 0) is 4.79 Å². The zero-order valence-corrected chi connectivity index (χ0v) is 12.0. The molecule has 1 aromatic heterocycles. The number of carbonyl (C=O) groups excluding carboxylic acids is 1. The van der Waals surface area contributed by atoms with Gasteiger partial charge in [0.25, 0.3) is 5.91 Å². The van der Waals surface area contributed by atoms with Crippen molar-refractivity contribution >= 4 is 23.2 Å². The Bertz CT molecular complexity index is 665. The van der Waals surface area contributed by atoms with Gasteiger partial charge in [-0.25, -0.2) is 4.98 Å². The summed E-state index contributed by atoms with van der Waals surface area (Å²) in [6.07, 6.45) is 3.29. The van der Waals surface area contributed by atoms with E-state index in [4.69, 9.17) is 5.11 Å². The van der Waals surface area contributed by atoms with Gasteiger partial charge in [-0.2, -0.15) is 0 Å². The molecule has 21 heavy (non-hydrogen) atoms. The van der Waals surface area contributed by atoms with Crippen molar-refractivity contribution in [2.75, 3.05) is 6.54 Å². The van der Waals surface area contributed by atoms with Crippen LogP contribution >= 0.6 is 11.3 Å². The number of benzene rings is 1. The number of aromatic nitrogens is 1. The summed E-state index contributed by atoms with van der Waals surface area (Å²) in [6.45, 7) is -0.248. The van der Waals surface area contributed by atoms with Crippen LogP contribution in [0.2, 0.25) is 0 Å². The van der Waals surface area contributed by atoms with E-state index in [0.717, 1.165) is 23.4 Å². The molecule has 1 amide bonds. The Hall–Kier alpha value is -2.21. The fourth-order valence-electron chi connectivity index (χ4n) is 2.13. The molecule has 0 bridgehead atoms. The van der Waals surface area contributed by atoms with Crippen molar-refractivity contribution in [1.82, 2.24) is 9.88 Å². The number of amides is 1. The zero-order valence-electron chi connectivity index (χ0n) is 11.2. The molecule has 5 nitrogen and oxygen atoms in total. The predicted molar refractivity (Wildman–Crippen MR) is 79.2 cm³/mol. The van der Waals surface area contributed by atoms with Crippen LogP contribution in [0.15, 0.2) is 36.5 Å². The minimum atomic E-state index is -0.983. The lowest BCUT2D eigenvalue weighted by Gasteiger charge is -2.18. The third-order valence-electron chi connectivity index (χ3n) is 3.29. The van der Waals surface area contributed by atoms with Gasteiger partial charge in [-0.3, -0.25) is 9.59 Å². The first-order valence-electron chi connectivity index (χ1n) is 6.69. The molecule has 1 aromatic carbocycles. The average molecular weight is 302 g/mol. The molecule has 0 radical (unpaired) electrons. The third-order valence-corrected chi connectivity index (χ3v) is 4.33. The standard InChI is InChI=1S/C15H14N2O3S/c18-13(19)9-17(11-6-7-11)15(20)12-8-16-14(21-12)10-4-2-1-3-5-10/h1-5,8,11H,6-7,9H2,(H,18,19). The van der Waals surface area contributed by atoms with E-state index in [-0.39, 0.29) is 18.5 Å². The number of rotatable bonds is 5. The first kappa shape index (κ1) is 13.8. The van der Waals surface area contributed by atoms with Crippen LogP contribution in [-0.4, -0.2) is 39.5 Å². The Kier molecular flexibility index (Phi) is 3.70. The van der Waals surface area contributed by atoms with Crippen molar-refractivity contribution in [2.24, 2.45) is 0 Å². The zero-order chi connectivity index (χ0) is 14.8. The molecule has 0 unspecified atom stereocenters. The van der Waals surface area contributed by atoms with Crippen LogP contribution in [0.4, 0.5) is 0 Å². The van der Waals surface area contributed by atoms with Crippen LogP contribution in [0.1, 0.15) is 22.5 Å². The van der Waals surface area contributed by atoms with Crippen molar-refractivity contribution in [3.8, 4) is 10.6 Å². The molecular formula is C15H14N2O3S. The van der Waals surface area contributed by atoms with Crippen LogP contribution in [0, 0.1) is 0 Å². The number of hydrogen-bond donors (Lipinski definition) is 1. The van der Waals surface area contributed by atoms with E-state index in [0.29, 0.717) is 4.88 Å². The summed E-state index contributed by atoms with van der Waals surface area (Å²) in [5.74, 6) is -1.22. The molecule has 1 fully saturated rings. The number of hydrogen-bond acceptors (Lipinski definition) is 4. The number of carboxylic acids is 1. The van der Waals surface area contributed by atoms with Crippen LogP contribution < -0.4 is 0 Å². The fraction of sp³-hybridized carbons (Fsp3) is 0.267. The molecule has 1 aliphatic carbocycles. The smallest absolute Gasteiger partial charge is 0.323 e. The monoisotopic (exact) mass is 302 g/mol. The first-order valence-corrected chi connectivity index (χ1v) is 7.51. The summed E-state index contributed by atoms with van der Waals surface area (Å²) in [5, 5.41) is 9.70. The molecule has 1 heterocycles. The summed E-state index contributed by atoms with van der Waals surface area (Å²) < 4.78 is 0. The van der Waals surface area contributed by atoms with E-state index in [9.17, 15) is 9.59 Å². The van der Waals surface area contributed by atoms with Gasteiger partial charge in [-0.1, -0.05) is 30.3 Å². The van der Waals surface area contributed by atoms with Crippen LogP contribution in [0.5, 0.6) is 0 Å². The van der Waals surface area contributed by atoms with E-state index < -0.39 is 5.97 Å². The van der Waals surface area contributed by atoms with E-state index >= 15 is 0 Å². The number of carbonyl (C=O) groups is 2. The van der Waals surface area contributed by atoms with Gasteiger partial charge in [0.05, 0.1) is 6.20 Å². The van der Waals surface area contributed by atoms with Crippen LogP contribution in [0.25, 0.3) is 10.6 Å². The molecular weight excluding hydrogens is 288 g/mol. The fourth-order valence-corrected chi connectivity index (χ4v) is 3.00. The Morgan fingerprint density at radius 3 is 2.62 bits per heavy atom. The van der Waals surface area contributed by atoms with Gasteiger partial charge in [-0.05, 0) is 12.8 Å². The lowest BCUT2D eigenvalue weighted by Crippen LogP contribution is -2.37. The van der Waals surface area contributed by atoms with Gasteiger partial charge in [-0.15, -0.1) is 11.3 Å². The number of carboxylic acid groups (broad SMARTS) is 1. The molecule has 1 N–H and O–H groups in total. The second-order valence-electron chi connectivity index (χ2n) is 4.95. The van der Waals surface area contributed by atoms with Crippen molar-refractivity contribution in [3.05, 3.63) is 41.4 Å². The van der Waals surface area contributed by atoms with E-state index in [2.05, 4.69) is 4.98 Å². The minimum absolute atomic E-state index is 0.0656. The molecule has 0 saturated heterocycles. The van der Waals surface area contributed by atoms with Crippen molar-refractivity contribution in [3.63, 3.8) is 0 Å². The second-order valence-corrected chi connectivity index (χ2v) is 5.98. The molecule has 1 saturated carbocycles. The van der Waals surface area contributed by atoms with Crippen LogP contribution in [0.3, 0.4) is 0 Å². The molecule has 0 aliphatic heterocycles. The highest BCUT2D eigenvalue weighted by Crippen LogP contribution is 2.31. The Balaban J connectivity index is 1.81. The highest BCUT2D eigenvalue weighted by molar-refractivity contribution is 7.16. The molecule has 2 aromatic rings. The lowest BCUT2D eigenvalue weighted by atomic mass is 10.2. The third kappa shape index (κ3) is 3.11. The lowest BCUT2D eigenvalue weighted by molar-refractivity contribution is -0.137. The van der Waals surface area contributed by atoms with Gasteiger partial charge >= 0.3 is 5.97 Å². The van der Waals surface area contributed by atoms with Crippen molar-refractivity contribution in [1.29, 1.82) is 0 Å². The summed E-state index contributed by atoms with van der Waals surface area (Å²) in [7, 11) is 0. The maximum Gasteiger partial charge on any atom is 0.323 e. The molecule has 0 spiro atoms. The van der Waals surface area contributed by atoms with E-state index in [1.807, 2.05) is 30.3 Å². The van der Waals surface area contributed by atoms with Gasteiger partial charge < -0.3 is 10.0 Å². The average Bonchev–Trinajstić information content (AvgIpc) is 3.21. The Morgan fingerprint density at radius 1 is 1.29 bits per heavy atom. The number of nitrogens with zero attached hydrogens (tertiary/aromatic N) is 2. The largest absolute Gasteiger partial charge is 0.480 e. The van der Waals surface area contributed by atoms with Gasteiger partial charge in [0.1, 0.15) is 16.4 Å². The summed E-state index contributed by atoms with van der Waals surface area (Å²) in [5.41, 5.74) is 0.956. The number of aliphatic carboxylic acids is 1. The molecule has 0 atom stereocenters. The minimum Gasteiger partial charge on any atom is -0.480 e. The Labute approximate surface area is 125 Å². The maximum absolute atomic E-state index is 12.4. The predicted octanol–water partition coefficient (Wildman–Crippen LogP) is 2.50. The molecule has 108 valence electrons. The highest BCUT2D eigenvalue weighted by Gasteiger charge is 2.35. The molecule has 1 aliphatic rings. The first-order chi connectivity index (χ1) is 10.1. The molecule has 6 heteroatoms. The molecule has 3 rings (SSSR count). The summed E-state index contributed by atoms with van der Waals surface area (Å²) >= 11 is 1.30. The van der Waals surface area contributed by atoms with Gasteiger partial charge in [0, 0.05) is 11.6 Å². The van der Waals surface area contributed by atoms with Crippen molar-refractivity contribution < 1.29 is 14.7 Å². The van der Waals surface area contributed by atoms with Gasteiger partial charge in [0.2, 0.25) is 0 Å². The van der Waals surface area contributed by atoms with Gasteiger partial charge in [0.15, 0.2) is 0 Å². The SMILES string of the molecule is O=C(O)CN(C(=O)c1cnc(-c2ccccc2)s1)C1CC1. The van der Waals surface area contributed by atoms with Crippen molar-refractivity contribution in [2.45, 2.75) is 18.9 Å². The highest BCUT2D eigenvalue weighted by atomic mass is 32.1. The Morgan fingerprint density at radius 2 is 2.00 bits per heavy atom.